The zero-order valence-corrected chi connectivity index (χ0v) is 14.0. The topological polar surface area (TPSA) is 58.2 Å². The van der Waals surface area contributed by atoms with Gasteiger partial charge in [-0.2, -0.15) is 0 Å². The van der Waals surface area contributed by atoms with Crippen LogP contribution in [0.2, 0.25) is 5.02 Å². The maximum atomic E-state index is 12.1. The van der Waals surface area contributed by atoms with E-state index in [4.69, 9.17) is 11.6 Å². The molecule has 0 aliphatic carbocycles. The van der Waals surface area contributed by atoms with E-state index in [1.165, 1.54) is 6.07 Å². The van der Waals surface area contributed by atoms with Crippen molar-refractivity contribution in [1.29, 1.82) is 0 Å². The van der Waals surface area contributed by atoms with Gasteiger partial charge in [0.15, 0.2) is 0 Å². The summed E-state index contributed by atoms with van der Waals surface area (Å²) in [6.45, 7) is 2.25. The Morgan fingerprint density at radius 2 is 2.21 bits per heavy atom. The third kappa shape index (κ3) is 4.58. The van der Waals surface area contributed by atoms with Crippen molar-refractivity contribution >= 4 is 50.0 Å². The summed E-state index contributed by atoms with van der Waals surface area (Å²) in [5.74, 6) is 0.356. The van der Waals surface area contributed by atoms with Gasteiger partial charge in [0.25, 0.3) is 0 Å². The van der Waals surface area contributed by atoms with Gasteiger partial charge in [-0.15, -0.1) is 12.4 Å². The molecule has 1 aromatic rings. The molecule has 0 bridgehead atoms. The second-order valence-electron chi connectivity index (χ2n) is 4.29. The molecule has 19 heavy (non-hydrogen) atoms. The van der Waals surface area contributed by atoms with Crippen molar-refractivity contribution in [3.05, 3.63) is 27.7 Å². The number of nitrogens with one attached hydrogen (secondary N) is 2. The molecule has 0 saturated carbocycles. The van der Waals surface area contributed by atoms with Crippen molar-refractivity contribution in [2.45, 2.75) is 11.3 Å². The van der Waals surface area contributed by atoms with Crippen LogP contribution in [-0.2, 0) is 10.0 Å². The van der Waals surface area contributed by atoms with E-state index in [9.17, 15) is 8.42 Å². The highest BCUT2D eigenvalue weighted by molar-refractivity contribution is 9.10. The fraction of sp³-hybridized carbons (Fsp3) is 0.455. The lowest BCUT2D eigenvalue weighted by molar-refractivity contribution is 0.539. The minimum atomic E-state index is -3.53. The quantitative estimate of drug-likeness (QED) is 0.831. The first-order chi connectivity index (χ1) is 8.49. The molecule has 1 atom stereocenters. The molecule has 8 heteroatoms. The van der Waals surface area contributed by atoms with Crippen LogP contribution in [0, 0.1) is 5.92 Å². The van der Waals surface area contributed by atoms with Crippen LogP contribution < -0.4 is 10.0 Å². The lowest BCUT2D eigenvalue weighted by Gasteiger charge is -2.11. The highest BCUT2D eigenvalue weighted by Gasteiger charge is 2.21. The number of rotatable bonds is 4. The van der Waals surface area contributed by atoms with Crippen molar-refractivity contribution in [3.8, 4) is 0 Å². The summed E-state index contributed by atoms with van der Waals surface area (Å²) in [5, 5.41) is 3.42. The van der Waals surface area contributed by atoms with Gasteiger partial charge in [-0.1, -0.05) is 27.5 Å². The average molecular weight is 390 g/mol. The molecule has 2 N–H and O–H groups in total. The van der Waals surface area contributed by atoms with Crippen molar-refractivity contribution < 1.29 is 8.42 Å². The van der Waals surface area contributed by atoms with E-state index in [1.807, 2.05) is 0 Å². The van der Waals surface area contributed by atoms with Gasteiger partial charge in [-0.3, -0.25) is 0 Å². The number of sulfonamides is 1. The van der Waals surface area contributed by atoms with Gasteiger partial charge in [-0.05, 0) is 43.6 Å². The molecular weight excluding hydrogens is 375 g/mol. The standard InChI is InChI=1S/C11H14BrClN2O2S.ClH/c12-9-1-2-11(10(13)5-9)18(16,17)15-7-8-3-4-14-6-8;/h1-2,5,8,14-15H,3-4,6-7H2;1H. The Kier molecular flexibility index (Phi) is 6.56. The molecule has 108 valence electrons. The van der Waals surface area contributed by atoms with Gasteiger partial charge in [-0.25, -0.2) is 13.1 Å². The van der Waals surface area contributed by atoms with E-state index < -0.39 is 10.0 Å². The first kappa shape index (κ1) is 17.2. The molecule has 0 aromatic heterocycles. The van der Waals surface area contributed by atoms with Gasteiger partial charge in [0.05, 0.1) is 5.02 Å². The Labute approximate surface area is 132 Å². The number of benzene rings is 1. The summed E-state index contributed by atoms with van der Waals surface area (Å²) in [4.78, 5) is 0.123. The lowest BCUT2D eigenvalue weighted by atomic mass is 10.1. The van der Waals surface area contributed by atoms with Crippen LogP contribution in [0.3, 0.4) is 0 Å². The summed E-state index contributed by atoms with van der Waals surface area (Å²) in [6.07, 6.45) is 0.997. The largest absolute Gasteiger partial charge is 0.316 e. The smallest absolute Gasteiger partial charge is 0.242 e. The Hall–Kier alpha value is 0.150. The van der Waals surface area contributed by atoms with E-state index in [-0.39, 0.29) is 22.3 Å². The molecule has 4 nitrogen and oxygen atoms in total. The molecule has 0 radical (unpaired) electrons. The summed E-state index contributed by atoms with van der Waals surface area (Å²) in [5.41, 5.74) is 0. The average Bonchev–Trinajstić information content (AvgIpc) is 2.78. The molecule has 1 saturated heterocycles. The molecule has 0 spiro atoms. The van der Waals surface area contributed by atoms with Crippen LogP contribution in [0.15, 0.2) is 27.6 Å². The van der Waals surface area contributed by atoms with E-state index in [2.05, 4.69) is 26.0 Å². The SMILES string of the molecule is Cl.O=S(=O)(NCC1CCNC1)c1ccc(Br)cc1Cl. The van der Waals surface area contributed by atoms with Crippen molar-refractivity contribution in [1.82, 2.24) is 10.0 Å². The van der Waals surface area contributed by atoms with Crippen molar-refractivity contribution in [2.75, 3.05) is 19.6 Å². The molecule has 0 amide bonds. The Morgan fingerprint density at radius 3 is 2.79 bits per heavy atom. The van der Waals surface area contributed by atoms with Crippen LogP contribution >= 0.6 is 39.9 Å². The van der Waals surface area contributed by atoms with Gasteiger partial charge in [0.2, 0.25) is 10.0 Å². The first-order valence-electron chi connectivity index (χ1n) is 5.64. The van der Waals surface area contributed by atoms with Crippen LogP contribution in [0.4, 0.5) is 0 Å². The minimum absolute atomic E-state index is 0. The fourth-order valence-corrected chi connectivity index (χ4v) is 4.04. The van der Waals surface area contributed by atoms with Gasteiger partial charge in [0.1, 0.15) is 4.90 Å². The molecule has 1 aromatic carbocycles. The predicted octanol–water partition coefficient (Wildman–Crippen LogP) is 2.41. The maximum Gasteiger partial charge on any atom is 0.242 e. The summed E-state index contributed by atoms with van der Waals surface area (Å²) < 4.78 is 27.5. The normalized spacial score (nSPS) is 19.2. The lowest BCUT2D eigenvalue weighted by Crippen LogP contribution is -2.30. The monoisotopic (exact) mass is 388 g/mol. The van der Waals surface area contributed by atoms with Crippen LogP contribution in [0.25, 0.3) is 0 Å². The molecule has 1 heterocycles. The zero-order chi connectivity index (χ0) is 13.2. The van der Waals surface area contributed by atoms with E-state index in [0.29, 0.717) is 12.5 Å². The predicted molar refractivity (Wildman–Crippen MR) is 82.6 cm³/mol. The third-order valence-electron chi connectivity index (χ3n) is 2.91. The second-order valence-corrected chi connectivity index (χ2v) is 7.34. The second kappa shape index (κ2) is 7.24. The van der Waals surface area contributed by atoms with Gasteiger partial charge in [0, 0.05) is 11.0 Å². The van der Waals surface area contributed by atoms with Gasteiger partial charge < -0.3 is 5.32 Å². The van der Waals surface area contributed by atoms with Crippen LogP contribution in [-0.4, -0.2) is 28.1 Å². The molecule has 1 aliphatic heterocycles. The van der Waals surface area contributed by atoms with Crippen LogP contribution in [0.1, 0.15) is 6.42 Å². The summed E-state index contributed by atoms with van der Waals surface area (Å²) >= 11 is 9.20. The van der Waals surface area contributed by atoms with Crippen molar-refractivity contribution in [3.63, 3.8) is 0 Å². The molecule has 1 unspecified atom stereocenters. The third-order valence-corrected chi connectivity index (χ3v) is 5.31. The van der Waals surface area contributed by atoms with E-state index >= 15 is 0 Å². The Morgan fingerprint density at radius 1 is 1.47 bits per heavy atom. The molecule has 1 fully saturated rings. The van der Waals surface area contributed by atoms with Crippen molar-refractivity contribution in [2.24, 2.45) is 5.92 Å². The highest BCUT2D eigenvalue weighted by Crippen LogP contribution is 2.25. The van der Waals surface area contributed by atoms with Gasteiger partial charge >= 0.3 is 0 Å². The zero-order valence-electron chi connectivity index (χ0n) is 10.0. The highest BCUT2D eigenvalue weighted by atomic mass is 79.9. The van der Waals surface area contributed by atoms with E-state index in [1.54, 1.807) is 12.1 Å². The number of hydrogen-bond acceptors (Lipinski definition) is 3. The fourth-order valence-electron chi connectivity index (χ4n) is 1.89. The number of halogens is 3. The Balaban J connectivity index is 0.00000180. The summed E-state index contributed by atoms with van der Waals surface area (Å²) in [7, 11) is -3.53. The minimum Gasteiger partial charge on any atom is -0.316 e. The molecule has 2 rings (SSSR count). The van der Waals surface area contributed by atoms with Crippen LogP contribution in [0.5, 0.6) is 0 Å². The Bertz CT molecular complexity index is 533. The first-order valence-corrected chi connectivity index (χ1v) is 8.30. The molecular formula is C11H15BrCl2N2O2S. The number of hydrogen-bond donors (Lipinski definition) is 2. The maximum absolute atomic E-state index is 12.1. The van der Waals surface area contributed by atoms with E-state index in [0.717, 1.165) is 24.0 Å². The summed E-state index contributed by atoms with van der Waals surface area (Å²) in [6, 6.07) is 4.74. The molecule has 1 aliphatic rings.